The second kappa shape index (κ2) is 5.57. The number of hydrogen-bond acceptors (Lipinski definition) is 4. The predicted octanol–water partition coefficient (Wildman–Crippen LogP) is 1.57. The fourth-order valence-electron chi connectivity index (χ4n) is 2.36. The summed E-state index contributed by atoms with van der Waals surface area (Å²) in [6, 6.07) is 3.57. The average molecular weight is 334 g/mol. The molecule has 1 aromatic rings. The van der Waals surface area contributed by atoms with Crippen LogP contribution in [0.2, 0.25) is 5.02 Å². The predicted molar refractivity (Wildman–Crippen MR) is 77.0 cm³/mol. The van der Waals surface area contributed by atoms with Crippen molar-refractivity contribution in [1.82, 2.24) is 4.31 Å². The summed E-state index contributed by atoms with van der Waals surface area (Å²) in [4.78, 5) is 10.9. The molecule has 0 radical (unpaired) electrons. The van der Waals surface area contributed by atoms with E-state index < -0.39 is 21.6 Å². The number of sulfonamides is 1. The van der Waals surface area contributed by atoms with Gasteiger partial charge >= 0.3 is 5.97 Å². The van der Waals surface area contributed by atoms with Gasteiger partial charge in [-0.1, -0.05) is 11.6 Å². The van der Waals surface area contributed by atoms with E-state index in [1.807, 2.05) is 0 Å². The molecule has 1 aromatic carbocycles. The smallest absolute Gasteiger partial charge is 0.337 e. The molecule has 116 valence electrons. The fraction of sp³-hybridized carbons (Fsp3) is 0.462. The van der Waals surface area contributed by atoms with Crippen molar-refractivity contribution in [2.45, 2.75) is 30.3 Å². The normalized spacial score (nSPS) is 24.0. The van der Waals surface area contributed by atoms with Gasteiger partial charge in [0, 0.05) is 13.1 Å². The third-order valence-corrected chi connectivity index (χ3v) is 5.62. The molecule has 0 aliphatic carbocycles. The van der Waals surface area contributed by atoms with Gasteiger partial charge in [0.2, 0.25) is 10.0 Å². The van der Waals surface area contributed by atoms with Crippen molar-refractivity contribution in [3.8, 4) is 0 Å². The van der Waals surface area contributed by atoms with Crippen molar-refractivity contribution in [3.63, 3.8) is 0 Å². The first-order valence-corrected chi connectivity index (χ1v) is 8.21. The number of carboxylic acid groups (broad SMARTS) is 1. The van der Waals surface area contributed by atoms with E-state index >= 15 is 0 Å². The summed E-state index contributed by atoms with van der Waals surface area (Å²) in [6.07, 6.45) is 1.08. The van der Waals surface area contributed by atoms with Gasteiger partial charge in [0.15, 0.2) is 0 Å². The Morgan fingerprint density at radius 1 is 1.43 bits per heavy atom. The Hall–Kier alpha value is -1.15. The maximum absolute atomic E-state index is 12.5. The number of carboxylic acids is 1. The topological polar surface area (TPSA) is 94.9 Å². The molecule has 0 amide bonds. The summed E-state index contributed by atoms with van der Waals surface area (Å²) in [7, 11) is -3.85. The minimum Gasteiger partial charge on any atom is -0.478 e. The summed E-state index contributed by atoms with van der Waals surface area (Å²) in [6.45, 7) is 1.86. The maximum atomic E-state index is 12.5. The Labute approximate surface area is 128 Å². The van der Waals surface area contributed by atoms with E-state index in [0.29, 0.717) is 19.4 Å². The molecule has 0 saturated carbocycles. The van der Waals surface area contributed by atoms with E-state index in [9.17, 15) is 18.3 Å². The van der Waals surface area contributed by atoms with Gasteiger partial charge in [0.1, 0.15) is 0 Å². The molecule has 2 N–H and O–H groups in total. The van der Waals surface area contributed by atoms with Crippen LogP contribution >= 0.6 is 11.6 Å². The van der Waals surface area contributed by atoms with E-state index in [1.165, 1.54) is 16.4 Å². The minimum absolute atomic E-state index is 0.0135. The highest BCUT2D eigenvalue weighted by Crippen LogP contribution is 2.28. The lowest BCUT2D eigenvalue weighted by atomic mass is 9.97. The van der Waals surface area contributed by atoms with Crippen LogP contribution < -0.4 is 0 Å². The number of hydrogen-bond donors (Lipinski definition) is 2. The summed E-state index contributed by atoms with van der Waals surface area (Å²) in [5, 5.41) is 19.0. The van der Waals surface area contributed by atoms with Crippen LogP contribution in [0.4, 0.5) is 0 Å². The summed E-state index contributed by atoms with van der Waals surface area (Å²) in [5.74, 6) is -1.29. The zero-order chi connectivity index (χ0) is 15.8. The van der Waals surface area contributed by atoms with E-state index in [-0.39, 0.29) is 22.0 Å². The Kier molecular flexibility index (Phi) is 4.30. The molecule has 1 unspecified atom stereocenters. The molecule has 1 aliphatic rings. The number of halogens is 1. The van der Waals surface area contributed by atoms with Crippen molar-refractivity contribution in [1.29, 1.82) is 0 Å². The second-order valence-electron chi connectivity index (χ2n) is 5.39. The van der Waals surface area contributed by atoms with Crippen LogP contribution in [0.1, 0.15) is 30.1 Å². The van der Waals surface area contributed by atoms with Gasteiger partial charge in [-0.15, -0.1) is 0 Å². The monoisotopic (exact) mass is 333 g/mol. The molecule has 2 rings (SSSR count). The highest BCUT2D eigenvalue weighted by molar-refractivity contribution is 7.89. The molecule has 1 saturated heterocycles. The number of piperidine rings is 1. The van der Waals surface area contributed by atoms with E-state index in [4.69, 9.17) is 16.7 Å². The fourth-order valence-corrected chi connectivity index (χ4v) is 4.18. The van der Waals surface area contributed by atoms with Crippen LogP contribution in [-0.4, -0.2) is 47.6 Å². The van der Waals surface area contributed by atoms with Gasteiger partial charge in [-0.3, -0.25) is 0 Å². The first-order valence-electron chi connectivity index (χ1n) is 6.39. The number of benzene rings is 1. The Bertz CT molecular complexity index is 671. The highest BCUT2D eigenvalue weighted by Gasteiger charge is 2.35. The van der Waals surface area contributed by atoms with Gasteiger partial charge in [-0.05, 0) is 38.0 Å². The summed E-state index contributed by atoms with van der Waals surface area (Å²) < 4.78 is 26.3. The standard InChI is InChI=1S/C13H16ClNO5S/c1-13(18)5-2-6-15(8-13)21(19,20)9-3-4-11(14)10(7-9)12(16)17/h3-4,7,18H,2,5-6,8H2,1H3,(H,16,17). The van der Waals surface area contributed by atoms with Crippen molar-refractivity contribution in [3.05, 3.63) is 28.8 Å². The molecule has 6 nitrogen and oxygen atoms in total. The lowest BCUT2D eigenvalue weighted by Gasteiger charge is -2.35. The first-order chi connectivity index (χ1) is 9.63. The van der Waals surface area contributed by atoms with Crippen LogP contribution in [-0.2, 0) is 10.0 Å². The highest BCUT2D eigenvalue weighted by atomic mass is 35.5. The Balaban J connectivity index is 2.40. The van der Waals surface area contributed by atoms with Gasteiger partial charge < -0.3 is 10.2 Å². The summed E-state index contributed by atoms with van der Waals surface area (Å²) in [5.41, 5.74) is -1.34. The van der Waals surface area contributed by atoms with Crippen molar-refractivity contribution in [2.75, 3.05) is 13.1 Å². The van der Waals surface area contributed by atoms with E-state index in [2.05, 4.69) is 0 Å². The van der Waals surface area contributed by atoms with E-state index in [1.54, 1.807) is 6.92 Å². The van der Waals surface area contributed by atoms with Crippen molar-refractivity contribution >= 4 is 27.6 Å². The van der Waals surface area contributed by atoms with Gasteiger partial charge in [-0.2, -0.15) is 4.31 Å². The zero-order valence-electron chi connectivity index (χ0n) is 11.4. The molecular formula is C13H16ClNO5S. The molecule has 8 heteroatoms. The third-order valence-electron chi connectivity index (χ3n) is 3.45. The molecular weight excluding hydrogens is 318 g/mol. The third kappa shape index (κ3) is 3.37. The number of β-amino-alcohol motifs (C(OH)–C–C–N with tert-alkyl or cyclic N) is 1. The maximum Gasteiger partial charge on any atom is 0.337 e. The quantitative estimate of drug-likeness (QED) is 0.875. The summed E-state index contributed by atoms with van der Waals surface area (Å²) >= 11 is 5.74. The van der Waals surface area contributed by atoms with Gasteiger partial charge in [0.25, 0.3) is 0 Å². The van der Waals surface area contributed by atoms with Crippen LogP contribution in [0.5, 0.6) is 0 Å². The largest absolute Gasteiger partial charge is 0.478 e. The lowest BCUT2D eigenvalue weighted by molar-refractivity contribution is 0.00939. The van der Waals surface area contributed by atoms with Gasteiger partial charge in [0.05, 0.1) is 21.1 Å². The van der Waals surface area contributed by atoms with E-state index in [0.717, 1.165) is 6.07 Å². The molecule has 0 spiro atoms. The molecule has 1 aliphatic heterocycles. The average Bonchev–Trinajstić information content (AvgIpc) is 2.37. The Morgan fingerprint density at radius 3 is 2.67 bits per heavy atom. The van der Waals surface area contributed by atoms with Crippen LogP contribution in [0.3, 0.4) is 0 Å². The number of aliphatic hydroxyl groups is 1. The van der Waals surface area contributed by atoms with Crippen molar-refractivity contribution < 1.29 is 23.4 Å². The SMILES string of the molecule is CC1(O)CCCN(S(=O)(=O)c2ccc(Cl)c(C(=O)O)c2)C1. The number of aromatic carboxylic acids is 1. The molecule has 1 fully saturated rings. The Morgan fingerprint density at radius 2 is 2.10 bits per heavy atom. The van der Waals surface area contributed by atoms with Crippen molar-refractivity contribution in [2.24, 2.45) is 0 Å². The number of rotatable bonds is 3. The van der Waals surface area contributed by atoms with Crippen LogP contribution in [0, 0.1) is 0 Å². The molecule has 1 heterocycles. The molecule has 21 heavy (non-hydrogen) atoms. The minimum atomic E-state index is -3.85. The van der Waals surface area contributed by atoms with Crippen LogP contribution in [0.15, 0.2) is 23.1 Å². The van der Waals surface area contributed by atoms with Crippen LogP contribution in [0.25, 0.3) is 0 Å². The van der Waals surface area contributed by atoms with Gasteiger partial charge in [-0.25, -0.2) is 13.2 Å². The second-order valence-corrected chi connectivity index (χ2v) is 7.73. The molecule has 1 atom stereocenters. The zero-order valence-corrected chi connectivity index (χ0v) is 13.0. The lowest BCUT2D eigenvalue weighted by Crippen LogP contribution is -2.48. The number of nitrogens with zero attached hydrogens (tertiary/aromatic N) is 1. The molecule has 0 bridgehead atoms. The molecule has 0 aromatic heterocycles. The first kappa shape index (κ1) is 16.2. The number of carbonyl (C=O) groups is 1.